The quantitative estimate of drug-likeness (QED) is 0.113. The van der Waals surface area contributed by atoms with E-state index in [1.54, 1.807) is 0 Å². The molecule has 32 heavy (non-hydrogen) atoms. The summed E-state index contributed by atoms with van der Waals surface area (Å²) in [5.41, 5.74) is -2.04. The molecule has 0 aliphatic carbocycles. The van der Waals surface area contributed by atoms with Crippen LogP contribution in [0, 0.1) is 10.8 Å². The van der Waals surface area contributed by atoms with Crippen LogP contribution in [0.4, 0.5) is 0 Å². The highest BCUT2D eigenvalue weighted by molar-refractivity contribution is 9.25. The molecule has 1 aromatic carbocycles. The predicted octanol–water partition coefficient (Wildman–Crippen LogP) is 10.3. The standard InChI is InChI=1S/C18H16Br6Cl4O4/c1-15(2,5-19)17(21,22)31-13(29)7-8(10(26)12(28)11(27)9(7)25)14(30)32-18(23,24)16(3,4)6-20/h5-6H2,1-4H3. The molecule has 14 heteroatoms. The highest BCUT2D eigenvalue weighted by atomic mass is 79.9. The summed E-state index contributed by atoms with van der Waals surface area (Å²) in [6.45, 7) is 7.29. The fourth-order valence-corrected chi connectivity index (χ4v) is 6.23. The minimum Gasteiger partial charge on any atom is -0.433 e. The number of alkyl halides is 6. The van der Waals surface area contributed by atoms with Gasteiger partial charge in [0.05, 0.1) is 31.2 Å². The van der Waals surface area contributed by atoms with Crippen molar-refractivity contribution in [3.8, 4) is 0 Å². The second kappa shape index (κ2) is 11.7. The summed E-state index contributed by atoms with van der Waals surface area (Å²) in [5.74, 6) is -1.97. The van der Waals surface area contributed by atoms with Crippen molar-refractivity contribution in [2.24, 2.45) is 10.8 Å². The van der Waals surface area contributed by atoms with Crippen molar-refractivity contribution in [2.75, 3.05) is 10.7 Å². The van der Waals surface area contributed by atoms with E-state index in [0.29, 0.717) is 10.7 Å². The van der Waals surface area contributed by atoms with E-state index in [9.17, 15) is 9.59 Å². The van der Waals surface area contributed by atoms with Crippen LogP contribution in [0.25, 0.3) is 0 Å². The maximum atomic E-state index is 13.2. The molecule has 0 amide bonds. The highest BCUT2D eigenvalue weighted by Crippen LogP contribution is 2.50. The summed E-state index contributed by atoms with van der Waals surface area (Å²) in [7, 11) is 0. The molecule has 0 aliphatic heterocycles. The molecule has 0 fully saturated rings. The van der Waals surface area contributed by atoms with Gasteiger partial charge in [-0.25, -0.2) is 9.59 Å². The van der Waals surface area contributed by atoms with E-state index >= 15 is 0 Å². The molecule has 0 radical (unpaired) electrons. The topological polar surface area (TPSA) is 52.6 Å². The first kappa shape index (κ1) is 32.2. The predicted molar refractivity (Wildman–Crippen MR) is 154 cm³/mol. The minimum atomic E-state index is -1.33. The molecule has 182 valence electrons. The van der Waals surface area contributed by atoms with Gasteiger partial charge in [-0.1, -0.05) is 106 Å². The van der Waals surface area contributed by atoms with E-state index in [-0.39, 0.29) is 20.1 Å². The van der Waals surface area contributed by atoms with Crippen molar-refractivity contribution in [1.82, 2.24) is 0 Å². The van der Waals surface area contributed by atoms with Crippen LogP contribution in [-0.4, -0.2) is 29.4 Å². The first-order chi connectivity index (χ1) is 14.3. The Morgan fingerprint density at radius 2 is 0.906 bits per heavy atom. The first-order valence-corrected chi connectivity index (χ1v) is 15.4. The van der Waals surface area contributed by atoms with Gasteiger partial charge >= 0.3 is 11.9 Å². The summed E-state index contributed by atoms with van der Waals surface area (Å²) in [4.78, 5) is 26.4. The van der Waals surface area contributed by atoms with Gasteiger partial charge in [-0.15, -0.1) is 0 Å². The Morgan fingerprint density at radius 3 is 1.12 bits per heavy atom. The maximum absolute atomic E-state index is 13.2. The van der Waals surface area contributed by atoms with Crippen molar-refractivity contribution in [3.63, 3.8) is 0 Å². The Balaban J connectivity index is 3.65. The number of benzene rings is 1. The lowest BCUT2D eigenvalue weighted by Gasteiger charge is -2.36. The maximum Gasteiger partial charge on any atom is 0.342 e. The number of esters is 2. The van der Waals surface area contributed by atoms with Crippen LogP contribution in [0.1, 0.15) is 48.4 Å². The summed E-state index contributed by atoms with van der Waals surface area (Å²) in [6.07, 6.45) is 0. The summed E-state index contributed by atoms with van der Waals surface area (Å²) >= 11 is 45.1. The lowest BCUT2D eigenvalue weighted by Crippen LogP contribution is -2.40. The van der Waals surface area contributed by atoms with E-state index < -0.39 is 40.7 Å². The van der Waals surface area contributed by atoms with Gasteiger partial charge < -0.3 is 9.47 Å². The van der Waals surface area contributed by atoms with Crippen molar-refractivity contribution < 1.29 is 19.1 Å². The Bertz CT molecular complexity index is 848. The second-order valence-corrected chi connectivity index (χ2v) is 17.1. The molecule has 0 saturated heterocycles. The van der Waals surface area contributed by atoms with Gasteiger partial charge in [-0.05, 0) is 63.7 Å². The third-order valence-electron chi connectivity index (χ3n) is 4.36. The van der Waals surface area contributed by atoms with Crippen LogP contribution in [0.5, 0.6) is 0 Å². The Morgan fingerprint density at radius 1 is 0.656 bits per heavy atom. The lowest BCUT2D eigenvalue weighted by molar-refractivity contribution is 0.0180. The largest absolute Gasteiger partial charge is 0.433 e. The smallest absolute Gasteiger partial charge is 0.342 e. The zero-order valence-corrected chi connectivity index (χ0v) is 29.4. The number of carbonyl (C=O) groups excluding carboxylic acids is 2. The zero-order chi connectivity index (χ0) is 25.4. The van der Waals surface area contributed by atoms with Crippen LogP contribution in [-0.2, 0) is 9.47 Å². The molecule has 1 rings (SSSR count). The van der Waals surface area contributed by atoms with E-state index in [1.165, 1.54) is 0 Å². The molecular formula is C18H16Br6Cl4O4. The van der Waals surface area contributed by atoms with E-state index in [2.05, 4.69) is 95.6 Å². The minimum absolute atomic E-state index is 0.207. The molecule has 0 saturated carbocycles. The molecule has 4 nitrogen and oxygen atoms in total. The SMILES string of the molecule is CC(C)(CBr)C(Br)(Br)OC(=O)c1c(Cl)c(Cl)c(Cl)c(Cl)c1C(=O)OC(Br)(Br)C(C)(C)CBr. The number of hydrogen-bond acceptors (Lipinski definition) is 4. The average molecular weight is 918 g/mol. The number of halogens is 10. The average Bonchev–Trinajstić information content (AvgIpc) is 2.67. The number of ether oxygens (including phenoxy) is 2. The molecule has 0 bridgehead atoms. The third kappa shape index (κ3) is 6.74. The van der Waals surface area contributed by atoms with Crippen LogP contribution in [0.2, 0.25) is 20.1 Å². The summed E-state index contributed by atoms with van der Waals surface area (Å²) in [6, 6.07) is 0. The molecule has 0 spiro atoms. The lowest BCUT2D eigenvalue weighted by atomic mass is 9.98. The fourth-order valence-electron chi connectivity index (χ4n) is 1.78. The molecule has 0 N–H and O–H groups in total. The van der Waals surface area contributed by atoms with Gasteiger partial charge in [0.1, 0.15) is 0 Å². The number of hydrogen-bond donors (Lipinski definition) is 0. The van der Waals surface area contributed by atoms with Crippen LogP contribution in [0.3, 0.4) is 0 Å². The van der Waals surface area contributed by atoms with Crippen molar-refractivity contribution in [3.05, 3.63) is 31.2 Å². The van der Waals surface area contributed by atoms with Gasteiger partial charge in [0.2, 0.25) is 6.84 Å². The van der Waals surface area contributed by atoms with Crippen molar-refractivity contribution in [2.45, 2.75) is 34.5 Å². The highest BCUT2D eigenvalue weighted by Gasteiger charge is 2.47. The van der Waals surface area contributed by atoms with E-state index in [1.807, 2.05) is 27.7 Å². The normalized spacial score (nSPS) is 13.2. The molecule has 0 unspecified atom stereocenters. The van der Waals surface area contributed by atoms with Crippen LogP contribution < -0.4 is 0 Å². The van der Waals surface area contributed by atoms with Gasteiger partial charge in [0, 0.05) is 21.5 Å². The molecule has 1 aromatic rings. The summed E-state index contributed by atoms with van der Waals surface area (Å²) in [5, 5.41) is -0.125. The number of carbonyl (C=O) groups is 2. The summed E-state index contributed by atoms with van der Waals surface area (Å²) < 4.78 is 8.54. The molecule has 0 atom stereocenters. The van der Waals surface area contributed by atoms with Crippen molar-refractivity contribution >= 4 is 154 Å². The van der Waals surface area contributed by atoms with Gasteiger partial charge in [0.15, 0.2) is 0 Å². The Kier molecular flexibility index (Phi) is 11.8. The molecular weight excluding hydrogens is 901 g/mol. The number of rotatable bonds is 8. The van der Waals surface area contributed by atoms with E-state index in [4.69, 9.17) is 55.9 Å². The van der Waals surface area contributed by atoms with Gasteiger partial charge in [-0.3, -0.25) is 0 Å². The fraction of sp³-hybridized carbons (Fsp3) is 0.556. The second-order valence-electron chi connectivity index (χ2n) is 7.85. The Hall–Kier alpha value is 2.20. The Labute approximate surface area is 257 Å². The molecule has 0 aliphatic rings. The van der Waals surface area contributed by atoms with Crippen molar-refractivity contribution in [1.29, 1.82) is 0 Å². The van der Waals surface area contributed by atoms with Crippen LogP contribution in [0.15, 0.2) is 0 Å². The van der Waals surface area contributed by atoms with Gasteiger partial charge in [0.25, 0.3) is 0 Å². The zero-order valence-electron chi connectivity index (χ0n) is 16.8. The molecule has 0 heterocycles. The molecule has 0 aromatic heterocycles. The first-order valence-electron chi connectivity index (χ1n) is 8.48. The van der Waals surface area contributed by atoms with Gasteiger partial charge in [-0.2, -0.15) is 0 Å². The van der Waals surface area contributed by atoms with E-state index in [0.717, 1.165) is 0 Å². The monoisotopic (exact) mass is 909 g/mol. The third-order valence-corrected chi connectivity index (χ3v) is 13.9. The van der Waals surface area contributed by atoms with Crippen LogP contribution >= 0.6 is 142 Å².